The van der Waals surface area contributed by atoms with E-state index in [-0.39, 0.29) is 10.6 Å². The number of carbonyl (C=O) groups excluding carboxylic acids is 1. The summed E-state index contributed by atoms with van der Waals surface area (Å²) in [5, 5.41) is 0. The predicted molar refractivity (Wildman–Crippen MR) is 44.5 cm³/mol. The fraction of sp³-hybridized carbons (Fsp3) is 0.125. The van der Waals surface area contributed by atoms with E-state index in [4.69, 9.17) is 5.73 Å². The maximum Gasteiger partial charge on any atom is 0.323 e. The number of para-hydroxylation sites is 1. The summed E-state index contributed by atoms with van der Waals surface area (Å²) < 4.78 is 24.5. The molecule has 0 aliphatic rings. The highest BCUT2D eigenvalue weighted by Crippen LogP contribution is 2.17. The van der Waals surface area contributed by atoms with Gasteiger partial charge in [0.2, 0.25) is 0 Å². The molecule has 0 aliphatic carbocycles. The molecule has 0 atom stereocenters. The third-order valence-electron chi connectivity index (χ3n) is 1.47. The van der Waals surface area contributed by atoms with Gasteiger partial charge in [0, 0.05) is 0 Å². The Morgan fingerprint density at radius 2 is 1.85 bits per heavy atom. The highest BCUT2D eigenvalue weighted by atomic mass is 19.3. The summed E-state index contributed by atoms with van der Waals surface area (Å²) in [6, 6.07) is 6.37. The first-order valence-corrected chi connectivity index (χ1v) is 3.55. The summed E-state index contributed by atoms with van der Waals surface area (Å²) in [5.41, 5.74) is 4.86. The minimum atomic E-state index is -2.92. The molecule has 0 heterocycles. The van der Waals surface area contributed by atoms with Gasteiger partial charge in [-0.05, 0) is 12.1 Å². The van der Waals surface area contributed by atoms with Gasteiger partial charge in [-0.15, -0.1) is 0 Å². The quantitative estimate of drug-likeness (QED) is 0.703. The van der Waals surface area contributed by atoms with E-state index in [1.165, 1.54) is 12.1 Å². The monoisotopic (exact) mass is 186 g/mol. The highest BCUT2D eigenvalue weighted by molar-refractivity contribution is 5.90. The first-order valence-electron chi connectivity index (χ1n) is 3.55. The van der Waals surface area contributed by atoms with Crippen molar-refractivity contribution in [1.82, 2.24) is 0 Å². The molecule has 0 aliphatic heterocycles. The molecule has 2 N–H and O–H groups in total. The molecule has 13 heavy (non-hydrogen) atoms. The molecule has 0 saturated heterocycles. The Balaban J connectivity index is 2.96. The van der Waals surface area contributed by atoms with Crippen LogP contribution >= 0.6 is 0 Å². The number of alkyl halides is 2. The molecule has 0 saturated carbocycles. The van der Waals surface area contributed by atoms with Gasteiger partial charge in [0.05, 0.1) is 5.69 Å². The van der Waals surface area contributed by atoms with Crippen molar-refractivity contribution in [2.75, 3.05) is 4.90 Å². The molecule has 0 spiro atoms. The Hall–Kier alpha value is -1.65. The molecule has 0 unspecified atom stereocenters. The lowest BCUT2D eigenvalue weighted by Crippen LogP contribution is -2.39. The van der Waals surface area contributed by atoms with Crippen LogP contribution in [-0.2, 0) is 0 Å². The van der Waals surface area contributed by atoms with E-state index in [0.717, 1.165) is 0 Å². The molecule has 70 valence electrons. The molecule has 0 fully saturated rings. The zero-order valence-electron chi connectivity index (χ0n) is 6.65. The van der Waals surface area contributed by atoms with Crippen LogP contribution in [0.5, 0.6) is 0 Å². The Morgan fingerprint density at radius 1 is 1.31 bits per heavy atom. The fourth-order valence-corrected chi connectivity index (χ4v) is 0.925. The SMILES string of the molecule is NC(=O)N(c1ccccc1)C(F)F. The van der Waals surface area contributed by atoms with E-state index in [0.29, 0.717) is 0 Å². The van der Waals surface area contributed by atoms with Crippen LogP contribution in [0.1, 0.15) is 0 Å². The van der Waals surface area contributed by atoms with Crippen molar-refractivity contribution in [2.24, 2.45) is 5.73 Å². The number of nitrogens with zero attached hydrogens (tertiary/aromatic N) is 1. The van der Waals surface area contributed by atoms with Crippen LogP contribution < -0.4 is 10.6 Å². The number of carbonyl (C=O) groups is 1. The number of nitrogens with two attached hydrogens (primary N) is 1. The summed E-state index contributed by atoms with van der Waals surface area (Å²) in [4.78, 5) is 10.8. The number of hydrogen-bond acceptors (Lipinski definition) is 1. The summed E-state index contributed by atoms with van der Waals surface area (Å²) in [7, 11) is 0. The van der Waals surface area contributed by atoms with Crippen molar-refractivity contribution in [2.45, 2.75) is 6.55 Å². The number of primary amides is 1. The van der Waals surface area contributed by atoms with Gasteiger partial charge in [0.1, 0.15) is 0 Å². The number of urea groups is 1. The lowest BCUT2D eigenvalue weighted by atomic mass is 10.3. The van der Waals surface area contributed by atoms with E-state index in [1.807, 2.05) is 0 Å². The van der Waals surface area contributed by atoms with Gasteiger partial charge in [-0.1, -0.05) is 18.2 Å². The van der Waals surface area contributed by atoms with Crippen molar-refractivity contribution in [3.8, 4) is 0 Å². The second kappa shape index (κ2) is 3.84. The topological polar surface area (TPSA) is 46.3 Å². The zero-order valence-corrected chi connectivity index (χ0v) is 6.65. The van der Waals surface area contributed by atoms with Crippen molar-refractivity contribution < 1.29 is 13.6 Å². The maximum atomic E-state index is 12.3. The normalized spacial score (nSPS) is 10.1. The molecule has 1 aromatic carbocycles. The number of amides is 2. The number of halogens is 2. The number of benzene rings is 1. The van der Waals surface area contributed by atoms with Gasteiger partial charge < -0.3 is 5.73 Å². The van der Waals surface area contributed by atoms with E-state index in [2.05, 4.69) is 0 Å². The van der Waals surface area contributed by atoms with Crippen molar-refractivity contribution >= 4 is 11.7 Å². The van der Waals surface area contributed by atoms with Crippen LogP contribution in [0.15, 0.2) is 30.3 Å². The van der Waals surface area contributed by atoms with Crippen LogP contribution in [0, 0.1) is 0 Å². The number of anilines is 1. The predicted octanol–water partition coefficient (Wildman–Crippen LogP) is 1.79. The number of hydrogen-bond donors (Lipinski definition) is 1. The molecule has 1 rings (SSSR count). The molecule has 0 radical (unpaired) electrons. The Morgan fingerprint density at radius 3 is 2.23 bits per heavy atom. The van der Waals surface area contributed by atoms with Gasteiger partial charge >= 0.3 is 12.6 Å². The summed E-state index contributed by atoms with van der Waals surface area (Å²) >= 11 is 0. The Labute approximate surface area is 73.8 Å². The van der Waals surface area contributed by atoms with Crippen LogP contribution in [0.4, 0.5) is 19.3 Å². The van der Waals surface area contributed by atoms with Crippen LogP contribution in [0.3, 0.4) is 0 Å². The molecule has 0 aromatic heterocycles. The minimum Gasteiger partial charge on any atom is -0.351 e. The second-order valence-electron chi connectivity index (χ2n) is 2.32. The first kappa shape index (κ1) is 9.44. The summed E-state index contributed by atoms with van der Waals surface area (Å²) in [6.45, 7) is -2.92. The molecule has 2 amide bonds. The molecule has 3 nitrogen and oxygen atoms in total. The lowest BCUT2D eigenvalue weighted by molar-refractivity contribution is 0.146. The standard InChI is InChI=1S/C8H8F2N2O/c9-7(10)12(8(11)13)6-4-2-1-3-5-6/h1-5,7H,(H2,11,13). The third kappa shape index (κ3) is 2.14. The van der Waals surface area contributed by atoms with E-state index < -0.39 is 12.6 Å². The second-order valence-corrected chi connectivity index (χ2v) is 2.32. The van der Waals surface area contributed by atoms with Gasteiger partial charge in [-0.3, -0.25) is 0 Å². The molecule has 5 heteroatoms. The maximum absolute atomic E-state index is 12.3. The van der Waals surface area contributed by atoms with Crippen molar-refractivity contribution in [1.29, 1.82) is 0 Å². The molecular weight excluding hydrogens is 178 g/mol. The van der Waals surface area contributed by atoms with Gasteiger partial charge in [-0.2, -0.15) is 8.78 Å². The van der Waals surface area contributed by atoms with Crippen molar-refractivity contribution in [3.63, 3.8) is 0 Å². The zero-order chi connectivity index (χ0) is 9.84. The molecular formula is C8H8F2N2O. The van der Waals surface area contributed by atoms with Gasteiger partial charge in [-0.25, -0.2) is 9.69 Å². The van der Waals surface area contributed by atoms with Gasteiger partial charge in [0.25, 0.3) is 0 Å². The summed E-state index contributed by atoms with van der Waals surface area (Å²) in [6.07, 6.45) is 0. The highest BCUT2D eigenvalue weighted by Gasteiger charge is 2.21. The van der Waals surface area contributed by atoms with Crippen LogP contribution in [-0.4, -0.2) is 12.6 Å². The Kier molecular flexibility index (Phi) is 2.79. The summed E-state index contributed by atoms with van der Waals surface area (Å²) in [5.74, 6) is 0. The average Bonchev–Trinajstić information content (AvgIpc) is 2.04. The smallest absolute Gasteiger partial charge is 0.323 e. The third-order valence-corrected chi connectivity index (χ3v) is 1.47. The van der Waals surface area contributed by atoms with E-state index in [9.17, 15) is 13.6 Å². The van der Waals surface area contributed by atoms with E-state index >= 15 is 0 Å². The van der Waals surface area contributed by atoms with E-state index in [1.54, 1.807) is 18.2 Å². The number of rotatable bonds is 2. The molecule has 1 aromatic rings. The first-order chi connectivity index (χ1) is 6.13. The molecule has 0 bridgehead atoms. The lowest BCUT2D eigenvalue weighted by Gasteiger charge is -2.18. The average molecular weight is 186 g/mol. The van der Waals surface area contributed by atoms with Crippen LogP contribution in [0.2, 0.25) is 0 Å². The van der Waals surface area contributed by atoms with Crippen molar-refractivity contribution in [3.05, 3.63) is 30.3 Å². The minimum absolute atomic E-state index is 0.0880. The fourth-order valence-electron chi connectivity index (χ4n) is 0.925. The largest absolute Gasteiger partial charge is 0.351 e. The Bertz CT molecular complexity index is 289. The van der Waals surface area contributed by atoms with Gasteiger partial charge in [0.15, 0.2) is 0 Å². The van der Waals surface area contributed by atoms with Crippen LogP contribution in [0.25, 0.3) is 0 Å².